The average molecular weight is 327 g/mol. The van der Waals surface area contributed by atoms with Gasteiger partial charge in [0.25, 0.3) is 0 Å². The highest BCUT2D eigenvalue weighted by atomic mass is 79.9. The molecule has 19 heavy (non-hydrogen) atoms. The fourth-order valence-corrected chi connectivity index (χ4v) is 3.33. The van der Waals surface area contributed by atoms with E-state index in [1.165, 1.54) is 24.1 Å². The molecule has 1 unspecified atom stereocenters. The minimum absolute atomic E-state index is 0.370. The van der Waals surface area contributed by atoms with E-state index in [1.54, 1.807) is 0 Å². The number of ether oxygens (including phenoxy) is 1. The van der Waals surface area contributed by atoms with Crippen LogP contribution < -0.4 is 10.6 Å². The third-order valence-electron chi connectivity index (χ3n) is 3.57. The lowest BCUT2D eigenvalue weighted by molar-refractivity contribution is 0.0526. The van der Waals surface area contributed by atoms with Crippen LogP contribution in [0.4, 0.5) is 5.69 Å². The van der Waals surface area contributed by atoms with Crippen LogP contribution in [-0.2, 0) is 11.2 Å². The Morgan fingerprint density at radius 3 is 3.00 bits per heavy atom. The maximum absolute atomic E-state index is 5.76. The summed E-state index contributed by atoms with van der Waals surface area (Å²) in [5.74, 6) is 0. The Morgan fingerprint density at radius 2 is 2.32 bits per heavy atom. The maximum atomic E-state index is 5.76. The molecule has 2 N–H and O–H groups in total. The van der Waals surface area contributed by atoms with Crippen LogP contribution in [0.3, 0.4) is 0 Å². The Balaban J connectivity index is 2.08. The Labute approximate surface area is 124 Å². The van der Waals surface area contributed by atoms with E-state index >= 15 is 0 Å². The number of halogens is 1. The molecule has 1 heterocycles. The van der Waals surface area contributed by atoms with Crippen LogP contribution in [0.15, 0.2) is 22.7 Å². The first kappa shape index (κ1) is 14.8. The van der Waals surface area contributed by atoms with Crippen molar-refractivity contribution in [2.24, 2.45) is 5.73 Å². The SMILES string of the molecule is CCOC1CCCN(c2ccc(CCN)cc2Br)C1. The molecule has 0 amide bonds. The molecule has 1 aliphatic heterocycles. The summed E-state index contributed by atoms with van der Waals surface area (Å²) in [6.45, 7) is 5.66. The Bertz CT molecular complexity index is 409. The Hall–Kier alpha value is -0.580. The summed E-state index contributed by atoms with van der Waals surface area (Å²) in [5.41, 5.74) is 8.16. The summed E-state index contributed by atoms with van der Waals surface area (Å²) in [7, 11) is 0. The summed E-state index contributed by atoms with van der Waals surface area (Å²) in [6, 6.07) is 6.56. The molecular weight excluding hydrogens is 304 g/mol. The molecule has 2 rings (SSSR count). The van der Waals surface area contributed by atoms with Crippen molar-refractivity contribution in [1.29, 1.82) is 0 Å². The van der Waals surface area contributed by atoms with Gasteiger partial charge in [-0.1, -0.05) is 6.07 Å². The van der Waals surface area contributed by atoms with Gasteiger partial charge in [0.15, 0.2) is 0 Å². The first-order valence-corrected chi connectivity index (χ1v) is 7.89. The third-order valence-corrected chi connectivity index (χ3v) is 4.20. The van der Waals surface area contributed by atoms with Gasteiger partial charge in [0.05, 0.1) is 11.8 Å². The topological polar surface area (TPSA) is 38.5 Å². The van der Waals surface area contributed by atoms with Gasteiger partial charge in [-0.15, -0.1) is 0 Å². The van der Waals surface area contributed by atoms with Crippen LogP contribution >= 0.6 is 15.9 Å². The van der Waals surface area contributed by atoms with Crippen LogP contribution in [0.1, 0.15) is 25.3 Å². The normalized spacial score (nSPS) is 19.7. The van der Waals surface area contributed by atoms with Gasteiger partial charge in [-0.05, 0) is 66.4 Å². The Morgan fingerprint density at radius 1 is 1.47 bits per heavy atom. The van der Waals surface area contributed by atoms with Crippen molar-refractivity contribution in [3.05, 3.63) is 28.2 Å². The van der Waals surface area contributed by atoms with Gasteiger partial charge in [0.1, 0.15) is 0 Å². The number of nitrogens with zero attached hydrogens (tertiary/aromatic N) is 1. The molecule has 0 bridgehead atoms. The van der Waals surface area contributed by atoms with Crippen molar-refractivity contribution in [3.63, 3.8) is 0 Å². The highest BCUT2D eigenvalue weighted by Crippen LogP contribution is 2.30. The van der Waals surface area contributed by atoms with E-state index in [-0.39, 0.29) is 0 Å². The molecule has 1 atom stereocenters. The molecule has 0 radical (unpaired) electrons. The van der Waals surface area contributed by atoms with Crippen molar-refractivity contribution in [1.82, 2.24) is 0 Å². The zero-order valence-electron chi connectivity index (χ0n) is 11.6. The largest absolute Gasteiger partial charge is 0.377 e. The molecule has 1 fully saturated rings. The van der Waals surface area contributed by atoms with Crippen LogP contribution in [-0.4, -0.2) is 32.3 Å². The molecule has 4 heteroatoms. The molecular formula is C15H23BrN2O. The monoisotopic (exact) mass is 326 g/mol. The zero-order chi connectivity index (χ0) is 13.7. The van der Waals surface area contributed by atoms with Crippen LogP contribution in [0.25, 0.3) is 0 Å². The second-order valence-corrected chi connectivity index (χ2v) is 5.84. The number of piperidine rings is 1. The van der Waals surface area contributed by atoms with Crippen LogP contribution in [0.5, 0.6) is 0 Å². The van der Waals surface area contributed by atoms with Crippen molar-refractivity contribution >= 4 is 21.6 Å². The quantitative estimate of drug-likeness (QED) is 0.904. The van der Waals surface area contributed by atoms with Crippen LogP contribution in [0.2, 0.25) is 0 Å². The van der Waals surface area contributed by atoms with Gasteiger partial charge in [0.2, 0.25) is 0 Å². The summed E-state index contributed by atoms with van der Waals surface area (Å²) < 4.78 is 6.93. The molecule has 1 aromatic rings. The van der Waals surface area contributed by atoms with Crippen molar-refractivity contribution in [2.75, 3.05) is 31.1 Å². The number of nitrogens with two attached hydrogens (primary N) is 1. The molecule has 1 aliphatic rings. The molecule has 0 spiro atoms. The van der Waals surface area contributed by atoms with E-state index in [9.17, 15) is 0 Å². The highest BCUT2D eigenvalue weighted by molar-refractivity contribution is 9.10. The second-order valence-electron chi connectivity index (χ2n) is 4.99. The predicted octanol–water partition coefficient (Wildman–Crippen LogP) is 2.96. The Kier molecular flexibility index (Phi) is 5.67. The van der Waals surface area contributed by atoms with Gasteiger partial charge < -0.3 is 15.4 Å². The number of anilines is 1. The molecule has 1 saturated heterocycles. The van der Waals surface area contributed by atoms with Crippen molar-refractivity contribution in [3.8, 4) is 0 Å². The summed E-state index contributed by atoms with van der Waals surface area (Å²) >= 11 is 3.69. The summed E-state index contributed by atoms with van der Waals surface area (Å²) in [5, 5.41) is 0. The van der Waals surface area contributed by atoms with E-state index in [2.05, 4.69) is 46.0 Å². The van der Waals surface area contributed by atoms with Gasteiger partial charge >= 0.3 is 0 Å². The first-order chi connectivity index (χ1) is 9.24. The van der Waals surface area contributed by atoms with Gasteiger partial charge in [0, 0.05) is 24.2 Å². The summed E-state index contributed by atoms with van der Waals surface area (Å²) in [6.07, 6.45) is 3.67. The lowest BCUT2D eigenvalue weighted by Crippen LogP contribution is -2.39. The van der Waals surface area contributed by atoms with Gasteiger partial charge in [-0.2, -0.15) is 0 Å². The van der Waals surface area contributed by atoms with E-state index in [0.29, 0.717) is 12.6 Å². The lowest BCUT2D eigenvalue weighted by atomic mass is 10.1. The molecule has 0 aliphatic carbocycles. The van der Waals surface area contributed by atoms with Gasteiger partial charge in [-0.3, -0.25) is 0 Å². The van der Waals surface area contributed by atoms with Crippen LogP contribution in [0, 0.1) is 0 Å². The fraction of sp³-hybridized carbons (Fsp3) is 0.600. The molecule has 0 aromatic heterocycles. The lowest BCUT2D eigenvalue weighted by Gasteiger charge is -2.34. The van der Waals surface area contributed by atoms with Crippen molar-refractivity contribution in [2.45, 2.75) is 32.3 Å². The maximum Gasteiger partial charge on any atom is 0.0750 e. The van der Waals surface area contributed by atoms with E-state index in [4.69, 9.17) is 10.5 Å². The highest BCUT2D eigenvalue weighted by Gasteiger charge is 2.21. The second kappa shape index (κ2) is 7.27. The molecule has 1 aromatic carbocycles. The predicted molar refractivity (Wildman–Crippen MR) is 83.8 cm³/mol. The van der Waals surface area contributed by atoms with E-state index < -0.39 is 0 Å². The van der Waals surface area contributed by atoms with Crippen molar-refractivity contribution < 1.29 is 4.74 Å². The number of rotatable bonds is 5. The number of hydrogen-bond acceptors (Lipinski definition) is 3. The number of hydrogen-bond donors (Lipinski definition) is 1. The summed E-state index contributed by atoms with van der Waals surface area (Å²) in [4.78, 5) is 2.42. The molecule has 3 nitrogen and oxygen atoms in total. The minimum atomic E-state index is 0.370. The standard InChI is InChI=1S/C15H23BrN2O/c1-2-19-13-4-3-9-18(11-13)15-6-5-12(7-8-17)10-14(15)16/h5-6,10,13H,2-4,7-9,11,17H2,1H3. The fourth-order valence-electron chi connectivity index (χ4n) is 2.66. The number of benzene rings is 1. The van der Waals surface area contributed by atoms with E-state index in [1.807, 2.05) is 0 Å². The zero-order valence-corrected chi connectivity index (χ0v) is 13.2. The van der Waals surface area contributed by atoms with E-state index in [0.717, 1.165) is 30.6 Å². The average Bonchev–Trinajstić information content (AvgIpc) is 2.40. The minimum Gasteiger partial charge on any atom is -0.377 e. The molecule has 0 saturated carbocycles. The smallest absolute Gasteiger partial charge is 0.0750 e. The third kappa shape index (κ3) is 3.94. The molecule has 106 valence electrons. The van der Waals surface area contributed by atoms with Gasteiger partial charge in [-0.25, -0.2) is 0 Å². The first-order valence-electron chi connectivity index (χ1n) is 7.09.